The van der Waals surface area contributed by atoms with Crippen molar-refractivity contribution in [2.75, 3.05) is 0 Å². The molecular weight excluding hydrogens is 260 g/mol. The van der Waals surface area contributed by atoms with E-state index in [2.05, 4.69) is 54.9 Å². The maximum Gasteiger partial charge on any atom is 0.0186 e. The molecule has 1 rings (SSSR count). The van der Waals surface area contributed by atoms with Crippen molar-refractivity contribution in [2.24, 2.45) is 0 Å². The molecule has 0 aliphatic carbocycles. The van der Waals surface area contributed by atoms with E-state index in [0.717, 1.165) is 6.42 Å². The van der Waals surface area contributed by atoms with Crippen LogP contribution in [0.2, 0.25) is 0 Å². The van der Waals surface area contributed by atoms with Gasteiger partial charge in [0, 0.05) is 4.83 Å². The average Bonchev–Trinajstić information content (AvgIpc) is 2.24. The zero-order valence-electron chi connectivity index (χ0n) is 10.7. The van der Waals surface area contributed by atoms with Gasteiger partial charge in [-0.15, -0.1) is 0 Å². The van der Waals surface area contributed by atoms with Gasteiger partial charge in [0.25, 0.3) is 0 Å². The molecule has 0 bridgehead atoms. The Labute approximate surface area is 109 Å². The normalized spacial score (nSPS) is 12.8. The summed E-state index contributed by atoms with van der Waals surface area (Å²) in [5.74, 6) is 0. The molecule has 1 aromatic rings. The lowest BCUT2D eigenvalue weighted by Gasteiger charge is -2.12. The molecule has 0 heterocycles. The fraction of sp³-hybridized carbons (Fsp3) is 0.600. The summed E-state index contributed by atoms with van der Waals surface area (Å²) in [5.41, 5.74) is 4.29. The number of hydrogen-bond donors (Lipinski definition) is 0. The number of alkyl halides is 1. The third kappa shape index (κ3) is 4.69. The molecule has 0 spiro atoms. The van der Waals surface area contributed by atoms with Crippen LogP contribution in [0.1, 0.15) is 49.3 Å². The number of halogens is 1. The predicted octanol–water partition coefficient (Wildman–Crippen LogP) is 5.19. The first-order valence-corrected chi connectivity index (χ1v) is 7.25. The number of aryl methyl sites for hydroxylation is 2. The highest BCUT2D eigenvalue weighted by Crippen LogP contribution is 2.20. The van der Waals surface area contributed by atoms with E-state index in [1.165, 1.54) is 42.4 Å². The Morgan fingerprint density at radius 2 is 1.94 bits per heavy atom. The quantitative estimate of drug-likeness (QED) is 0.498. The average molecular weight is 283 g/mol. The number of rotatable bonds is 6. The highest BCUT2D eigenvalue weighted by Gasteiger charge is 2.07. The van der Waals surface area contributed by atoms with E-state index < -0.39 is 0 Å². The summed E-state index contributed by atoms with van der Waals surface area (Å²) in [7, 11) is 0. The molecule has 0 nitrogen and oxygen atoms in total. The molecule has 0 saturated heterocycles. The van der Waals surface area contributed by atoms with E-state index in [9.17, 15) is 0 Å². The Bertz CT molecular complexity index is 317. The van der Waals surface area contributed by atoms with E-state index in [4.69, 9.17) is 0 Å². The van der Waals surface area contributed by atoms with E-state index in [1.807, 2.05) is 0 Å². The summed E-state index contributed by atoms with van der Waals surface area (Å²) in [4.78, 5) is 0.638. The van der Waals surface area contributed by atoms with E-state index in [1.54, 1.807) is 0 Å². The first-order chi connectivity index (χ1) is 7.63. The molecule has 0 saturated carbocycles. The Morgan fingerprint density at radius 3 is 2.62 bits per heavy atom. The maximum absolute atomic E-state index is 3.80. The predicted molar refractivity (Wildman–Crippen MR) is 76.5 cm³/mol. The second kappa shape index (κ2) is 7.11. The van der Waals surface area contributed by atoms with Crippen molar-refractivity contribution < 1.29 is 0 Å². The SMILES string of the molecule is CCCCCC(Br)Cc1cc(C)ccc1C. The van der Waals surface area contributed by atoms with Gasteiger partial charge in [0.05, 0.1) is 0 Å². The zero-order chi connectivity index (χ0) is 12.0. The molecule has 0 N–H and O–H groups in total. The summed E-state index contributed by atoms with van der Waals surface area (Å²) in [6.45, 7) is 6.64. The van der Waals surface area contributed by atoms with Crippen LogP contribution in [0.5, 0.6) is 0 Å². The van der Waals surface area contributed by atoms with Crippen molar-refractivity contribution in [3.05, 3.63) is 34.9 Å². The molecular formula is C15H23Br. The molecule has 1 aromatic carbocycles. The van der Waals surface area contributed by atoms with Gasteiger partial charge >= 0.3 is 0 Å². The van der Waals surface area contributed by atoms with Crippen LogP contribution in [0, 0.1) is 13.8 Å². The minimum atomic E-state index is 0.638. The van der Waals surface area contributed by atoms with Crippen LogP contribution in [-0.4, -0.2) is 4.83 Å². The number of unbranched alkanes of at least 4 members (excludes halogenated alkanes) is 2. The molecule has 90 valence electrons. The molecule has 16 heavy (non-hydrogen) atoms. The van der Waals surface area contributed by atoms with Gasteiger partial charge in [-0.25, -0.2) is 0 Å². The molecule has 0 radical (unpaired) electrons. The Kier molecular flexibility index (Phi) is 6.12. The van der Waals surface area contributed by atoms with Crippen LogP contribution in [0.4, 0.5) is 0 Å². The standard InChI is InChI=1S/C15H23Br/c1-4-5-6-7-15(16)11-14-10-12(2)8-9-13(14)3/h8-10,15H,4-7,11H2,1-3H3. The smallest absolute Gasteiger partial charge is 0.0186 e. The fourth-order valence-electron chi connectivity index (χ4n) is 1.98. The van der Waals surface area contributed by atoms with Gasteiger partial charge in [-0.2, -0.15) is 0 Å². The van der Waals surface area contributed by atoms with Gasteiger partial charge in [-0.05, 0) is 37.8 Å². The summed E-state index contributed by atoms with van der Waals surface area (Å²) < 4.78 is 0. The van der Waals surface area contributed by atoms with Crippen LogP contribution >= 0.6 is 15.9 Å². The van der Waals surface area contributed by atoms with Gasteiger partial charge < -0.3 is 0 Å². The summed E-state index contributed by atoms with van der Waals surface area (Å²) in [6.07, 6.45) is 6.47. The third-order valence-electron chi connectivity index (χ3n) is 3.07. The highest BCUT2D eigenvalue weighted by molar-refractivity contribution is 9.09. The van der Waals surface area contributed by atoms with Gasteiger partial charge in [-0.1, -0.05) is 65.9 Å². The summed E-state index contributed by atoms with van der Waals surface area (Å²) in [5, 5.41) is 0. The Hall–Kier alpha value is -0.300. The molecule has 1 unspecified atom stereocenters. The van der Waals surface area contributed by atoms with Crippen molar-refractivity contribution in [2.45, 2.75) is 57.7 Å². The second-order valence-electron chi connectivity index (χ2n) is 4.73. The maximum atomic E-state index is 3.80. The van der Waals surface area contributed by atoms with E-state index in [0.29, 0.717) is 4.83 Å². The van der Waals surface area contributed by atoms with Crippen LogP contribution < -0.4 is 0 Å². The molecule has 0 amide bonds. The number of hydrogen-bond acceptors (Lipinski definition) is 0. The summed E-state index contributed by atoms with van der Waals surface area (Å²) >= 11 is 3.80. The van der Waals surface area contributed by atoms with Gasteiger partial charge in [-0.3, -0.25) is 0 Å². The van der Waals surface area contributed by atoms with Crippen molar-refractivity contribution >= 4 is 15.9 Å². The molecule has 0 fully saturated rings. The van der Waals surface area contributed by atoms with Gasteiger partial charge in [0.1, 0.15) is 0 Å². The molecule has 0 aromatic heterocycles. The Balaban J connectivity index is 2.48. The number of benzene rings is 1. The van der Waals surface area contributed by atoms with Gasteiger partial charge in [0.2, 0.25) is 0 Å². The van der Waals surface area contributed by atoms with Crippen LogP contribution in [-0.2, 0) is 6.42 Å². The second-order valence-corrected chi connectivity index (χ2v) is 6.02. The van der Waals surface area contributed by atoms with Crippen molar-refractivity contribution in [3.63, 3.8) is 0 Å². The molecule has 1 heteroatoms. The van der Waals surface area contributed by atoms with Crippen molar-refractivity contribution in [1.29, 1.82) is 0 Å². The topological polar surface area (TPSA) is 0 Å². The minimum Gasteiger partial charge on any atom is -0.0887 e. The molecule has 1 atom stereocenters. The Morgan fingerprint density at radius 1 is 1.19 bits per heavy atom. The van der Waals surface area contributed by atoms with Crippen molar-refractivity contribution in [3.8, 4) is 0 Å². The molecule has 0 aliphatic heterocycles. The van der Waals surface area contributed by atoms with Crippen LogP contribution in [0.15, 0.2) is 18.2 Å². The third-order valence-corrected chi connectivity index (χ3v) is 3.85. The fourth-order valence-corrected chi connectivity index (χ4v) is 2.65. The largest absolute Gasteiger partial charge is 0.0887 e. The van der Waals surface area contributed by atoms with Crippen LogP contribution in [0.3, 0.4) is 0 Å². The van der Waals surface area contributed by atoms with Gasteiger partial charge in [0.15, 0.2) is 0 Å². The molecule has 0 aliphatic rings. The first kappa shape index (κ1) is 13.8. The van der Waals surface area contributed by atoms with E-state index >= 15 is 0 Å². The van der Waals surface area contributed by atoms with Crippen LogP contribution in [0.25, 0.3) is 0 Å². The summed E-state index contributed by atoms with van der Waals surface area (Å²) in [6, 6.07) is 6.75. The zero-order valence-corrected chi connectivity index (χ0v) is 12.3. The lowest BCUT2D eigenvalue weighted by atomic mass is 9.99. The highest BCUT2D eigenvalue weighted by atomic mass is 79.9. The lowest BCUT2D eigenvalue weighted by Crippen LogP contribution is -2.04. The lowest BCUT2D eigenvalue weighted by molar-refractivity contribution is 0.647. The monoisotopic (exact) mass is 282 g/mol. The minimum absolute atomic E-state index is 0.638. The van der Waals surface area contributed by atoms with Crippen molar-refractivity contribution in [1.82, 2.24) is 0 Å². The van der Waals surface area contributed by atoms with E-state index in [-0.39, 0.29) is 0 Å². The first-order valence-electron chi connectivity index (χ1n) is 6.33.